The Morgan fingerprint density at radius 3 is 2.57 bits per heavy atom. The molecule has 1 N–H and O–H groups in total. The van der Waals surface area contributed by atoms with Gasteiger partial charge in [0.1, 0.15) is 17.1 Å². The fourth-order valence-electron chi connectivity index (χ4n) is 2.84. The van der Waals surface area contributed by atoms with Crippen LogP contribution in [0.2, 0.25) is 0 Å². The molecule has 0 spiro atoms. The van der Waals surface area contributed by atoms with E-state index in [1.807, 2.05) is 12.1 Å². The molecule has 0 unspecified atom stereocenters. The molecular formula is C20H16FN5O2. The van der Waals surface area contributed by atoms with Crippen molar-refractivity contribution in [2.24, 2.45) is 0 Å². The van der Waals surface area contributed by atoms with Crippen molar-refractivity contribution >= 4 is 11.6 Å². The quantitative estimate of drug-likeness (QED) is 0.578. The number of hydrogen-bond acceptors (Lipinski definition) is 4. The third kappa shape index (κ3) is 3.23. The van der Waals surface area contributed by atoms with Gasteiger partial charge in [0, 0.05) is 18.6 Å². The molecule has 0 fully saturated rings. The van der Waals surface area contributed by atoms with Crippen LogP contribution in [0.4, 0.5) is 10.1 Å². The molecule has 3 heterocycles. The van der Waals surface area contributed by atoms with E-state index in [1.54, 1.807) is 52.1 Å². The maximum Gasteiger partial charge on any atom is 0.261 e. The van der Waals surface area contributed by atoms with Gasteiger partial charge in [-0.2, -0.15) is 5.10 Å². The molecular weight excluding hydrogens is 361 g/mol. The van der Waals surface area contributed by atoms with Crippen molar-refractivity contribution < 1.29 is 13.9 Å². The highest BCUT2D eigenvalue weighted by Crippen LogP contribution is 2.24. The summed E-state index contributed by atoms with van der Waals surface area (Å²) in [6.45, 7) is 0. The van der Waals surface area contributed by atoms with Crippen molar-refractivity contribution in [3.05, 3.63) is 84.7 Å². The molecule has 0 aliphatic rings. The minimum atomic E-state index is -0.372. The van der Waals surface area contributed by atoms with Gasteiger partial charge in [0.2, 0.25) is 5.88 Å². The molecule has 140 valence electrons. The maximum atomic E-state index is 13.3. The number of methoxy groups -OCH3 is 1. The molecule has 0 atom stereocenters. The Balaban J connectivity index is 1.77. The fraction of sp³-hybridized carbons (Fsp3) is 0.0500. The monoisotopic (exact) mass is 377 g/mol. The van der Waals surface area contributed by atoms with Crippen LogP contribution in [0.25, 0.3) is 11.5 Å². The van der Waals surface area contributed by atoms with E-state index >= 15 is 0 Å². The lowest BCUT2D eigenvalue weighted by atomic mass is 10.2. The van der Waals surface area contributed by atoms with Crippen LogP contribution in [-0.4, -0.2) is 32.3 Å². The number of carbonyl (C=O) groups excluding carboxylic acids is 1. The fourth-order valence-corrected chi connectivity index (χ4v) is 2.84. The van der Waals surface area contributed by atoms with E-state index in [2.05, 4.69) is 15.4 Å². The number of aromatic nitrogens is 4. The molecule has 8 heteroatoms. The van der Waals surface area contributed by atoms with E-state index in [-0.39, 0.29) is 11.7 Å². The molecule has 1 amide bonds. The van der Waals surface area contributed by atoms with Gasteiger partial charge < -0.3 is 14.6 Å². The highest BCUT2D eigenvalue weighted by molar-refractivity contribution is 6.07. The number of carbonyl (C=O) groups is 1. The lowest BCUT2D eigenvalue weighted by Crippen LogP contribution is -2.16. The van der Waals surface area contributed by atoms with E-state index in [0.717, 1.165) is 0 Å². The van der Waals surface area contributed by atoms with E-state index in [0.29, 0.717) is 28.6 Å². The molecule has 0 radical (unpaired) electrons. The first-order chi connectivity index (χ1) is 13.7. The van der Waals surface area contributed by atoms with E-state index in [1.165, 1.54) is 25.4 Å². The number of nitrogens with one attached hydrogen (secondary N) is 1. The van der Waals surface area contributed by atoms with Crippen LogP contribution in [0.1, 0.15) is 10.4 Å². The lowest BCUT2D eigenvalue weighted by molar-refractivity contribution is 0.102. The van der Waals surface area contributed by atoms with E-state index < -0.39 is 0 Å². The number of amides is 1. The van der Waals surface area contributed by atoms with Crippen molar-refractivity contribution in [2.75, 3.05) is 12.4 Å². The molecule has 0 aliphatic heterocycles. The van der Waals surface area contributed by atoms with E-state index in [4.69, 9.17) is 4.74 Å². The Kier molecular flexibility index (Phi) is 4.59. The minimum absolute atomic E-state index is 0.310. The molecule has 0 bridgehead atoms. The molecule has 0 saturated carbocycles. The summed E-state index contributed by atoms with van der Waals surface area (Å²) in [6, 6.07) is 13.0. The summed E-state index contributed by atoms with van der Waals surface area (Å²) in [5, 5.41) is 7.14. The molecule has 28 heavy (non-hydrogen) atoms. The highest BCUT2D eigenvalue weighted by Gasteiger charge is 2.21. The number of pyridine rings is 1. The molecule has 4 aromatic rings. The molecule has 7 nitrogen and oxygen atoms in total. The highest BCUT2D eigenvalue weighted by atomic mass is 19.1. The van der Waals surface area contributed by atoms with Gasteiger partial charge in [-0.25, -0.2) is 14.1 Å². The third-order valence-electron chi connectivity index (χ3n) is 4.12. The Morgan fingerprint density at radius 2 is 1.86 bits per heavy atom. The van der Waals surface area contributed by atoms with Gasteiger partial charge in [0.25, 0.3) is 5.91 Å². The SMILES string of the molecule is COc1ncccc1NC(=O)c1cnn(-c2ccc(F)cc2)c1-n1cccc1. The number of hydrogen-bond donors (Lipinski definition) is 1. The van der Waals surface area contributed by atoms with Crippen molar-refractivity contribution in [1.82, 2.24) is 19.3 Å². The van der Waals surface area contributed by atoms with Gasteiger partial charge >= 0.3 is 0 Å². The van der Waals surface area contributed by atoms with Crippen LogP contribution in [0.15, 0.2) is 73.3 Å². The number of ether oxygens (including phenoxy) is 1. The van der Waals surface area contributed by atoms with Crippen LogP contribution in [0, 0.1) is 5.82 Å². The predicted molar refractivity (Wildman–Crippen MR) is 102 cm³/mol. The van der Waals surface area contributed by atoms with Gasteiger partial charge in [0.05, 0.1) is 19.0 Å². The summed E-state index contributed by atoms with van der Waals surface area (Å²) in [4.78, 5) is 17.1. The average Bonchev–Trinajstić information content (AvgIpc) is 3.38. The van der Waals surface area contributed by atoms with Crippen LogP contribution in [-0.2, 0) is 0 Å². The van der Waals surface area contributed by atoms with Gasteiger partial charge in [-0.05, 0) is 48.5 Å². The summed E-state index contributed by atoms with van der Waals surface area (Å²) in [7, 11) is 1.48. The van der Waals surface area contributed by atoms with Gasteiger partial charge in [0.15, 0.2) is 5.82 Å². The van der Waals surface area contributed by atoms with Gasteiger partial charge in [-0.3, -0.25) is 4.79 Å². The first-order valence-corrected chi connectivity index (χ1v) is 8.45. The summed E-state index contributed by atoms with van der Waals surface area (Å²) < 4.78 is 21.8. The summed E-state index contributed by atoms with van der Waals surface area (Å²) in [6.07, 6.45) is 6.65. The smallest absolute Gasteiger partial charge is 0.261 e. The average molecular weight is 377 g/mol. The Labute approximate surface area is 160 Å². The number of nitrogens with zero attached hydrogens (tertiary/aromatic N) is 4. The number of anilines is 1. The molecule has 1 aromatic carbocycles. The second kappa shape index (κ2) is 7.36. The molecule has 4 rings (SSSR count). The Morgan fingerprint density at radius 1 is 1.11 bits per heavy atom. The second-order valence-corrected chi connectivity index (χ2v) is 5.87. The first-order valence-electron chi connectivity index (χ1n) is 8.45. The normalized spacial score (nSPS) is 10.6. The zero-order valence-corrected chi connectivity index (χ0v) is 14.9. The van der Waals surface area contributed by atoms with Crippen LogP contribution in [0.5, 0.6) is 5.88 Å². The topological polar surface area (TPSA) is 74.0 Å². The largest absolute Gasteiger partial charge is 0.480 e. The second-order valence-electron chi connectivity index (χ2n) is 5.87. The van der Waals surface area contributed by atoms with Gasteiger partial charge in [-0.15, -0.1) is 0 Å². The maximum absolute atomic E-state index is 13.3. The van der Waals surface area contributed by atoms with Crippen LogP contribution < -0.4 is 10.1 Å². The molecule has 3 aromatic heterocycles. The standard InChI is InChI=1S/C20H16FN5O2/c1-28-19-17(5-4-10-22-19)24-18(27)16-13-23-26(15-8-6-14(21)7-9-15)20(16)25-11-2-3-12-25/h2-13H,1H3,(H,24,27). The van der Waals surface area contributed by atoms with Gasteiger partial charge in [-0.1, -0.05) is 0 Å². The van der Waals surface area contributed by atoms with Crippen LogP contribution >= 0.6 is 0 Å². The number of halogens is 1. The lowest BCUT2D eigenvalue weighted by Gasteiger charge is -2.12. The minimum Gasteiger partial charge on any atom is -0.480 e. The molecule has 0 saturated heterocycles. The zero-order chi connectivity index (χ0) is 19.5. The summed E-state index contributed by atoms with van der Waals surface area (Å²) in [5.74, 6) is 0.115. The number of benzene rings is 1. The van der Waals surface area contributed by atoms with Crippen molar-refractivity contribution in [2.45, 2.75) is 0 Å². The number of rotatable bonds is 5. The van der Waals surface area contributed by atoms with Crippen molar-refractivity contribution in [1.29, 1.82) is 0 Å². The first kappa shape index (κ1) is 17.5. The zero-order valence-electron chi connectivity index (χ0n) is 14.9. The van der Waals surface area contributed by atoms with E-state index in [9.17, 15) is 9.18 Å². The van der Waals surface area contributed by atoms with Crippen LogP contribution in [0.3, 0.4) is 0 Å². The Bertz CT molecular complexity index is 1100. The van der Waals surface area contributed by atoms with Crippen molar-refractivity contribution in [3.63, 3.8) is 0 Å². The Hall–Kier alpha value is -3.94. The summed E-state index contributed by atoms with van der Waals surface area (Å²) in [5.41, 5.74) is 1.41. The summed E-state index contributed by atoms with van der Waals surface area (Å²) >= 11 is 0. The third-order valence-corrected chi connectivity index (χ3v) is 4.12. The van der Waals surface area contributed by atoms with Crippen molar-refractivity contribution in [3.8, 4) is 17.4 Å². The predicted octanol–water partition coefficient (Wildman–Crippen LogP) is 3.46. The molecule has 0 aliphatic carbocycles.